The van der Waals surface area contributed by atoms with E-state index in [2.05, 4.69) is 0 Å². The lowest BCUT2D eigenvalue weighted by atomic mass is 10.5. The molecule has 9 heavy (non-hydrogen) atoms. The number of hydrogen-bond donors (Lipinski definition) is 0. The monoisotopic (exact) mass is 170 g/mol. The van der Waals surface area contributed by atoms with Crippen LogP contribution in [0.15, 0.2) is 0 Å². The summed E-state index contributed by atoms with van der Waals surface area (Å²) in [6, 6.07) is 0. The lowest BCUT2D eigenvalue weighted by Gasteiger charge is -1.96. The fourth-order valence-corrected chi connectivity index (χ4v) is 1.27. The van der Waals surface area contributed by atoms with Crippen molar-refractivity contribution in [3.63, 3.8) is 0 Å². The van der Waals surface area contributed by atoms with Crippen LogP contribution in [0.1, 0.15) is 13.3 Å². The van der Waals surface area contributed by atoms with Crippen LogP contribution in [0, 0.1) is 0 Å². The maximum Gasteiger partial charge on any atom is 0.156 e. The van der Waals surface area contributed by atoms with Gasteiger partial charge in [-0.2, -0.15) is 0 Å². The Hall–Kier alpha value is 0.400. The molecule has 0 saturated heterocycles. The third-order valence-electron chi connectivity index (χ3n) is 0.663. The molecule has 0 radical (unpaired) electrons. The van der Waals surface area contributed by atoms with Crippen molar-refractivity contribution in [2.45, 2.75) is 13.3 Å². The van der Waals surface area contributed by atoms with E-state index in [1.54, 1.807) is 0 Å². The molecule has 0 aliphatic carbocycles. The predicted octanol–water partition coefficient (Wildman–Crippen LogP) is 1.32. The van der Waals surface area contributed by atoms with Crippen LogP contribution in [0.2, 0.25) is 0 Å². The fourth-order valence-electron chi connectivity index (χ4n) is 0.298. The Labute approximate surface area is 63.2 Å². The van der Waals surface area contributed by atoms with Gasteiger partial charge in [0.1, 0.15) is 0 Å². The number of halogens is 1. The van der Waals surface area contributed by atoms with Crippen molar-refractivity contribution in [1.82, 2.24) is 0 Å². The van der Waals surface area contributed by atoms with Crippen LogP contribution in [-0.4, -0.2) is 22.4 Å². The highest BCUT2D eigenvalue weighted by Gasteiger charge is 1.95. The van der Waals surface area contributed by atoms with Gasteiger partial charge in [0, 0.05) is 5.88 Å². The van der Waals surface area contributed by atoms with Crippen molar-refractivity contribution in [2.24, 2.45) is 0 Å². The van der Waals surface area contributed by atoms with Gasteiger partial charge in [0.15, 0.2) is 11.1 Å². The summed E-state index contributed by atoms with van der Waals surface area (Å²) in [5.74, 6) is 0.831. The molecule has 0 aliphatic rings. The fraction of sp³-hybridized carbons (Fsp3) is 1.00. The minimum atomic E-state index is -1.15. The molecular weight excluding hydrogens is 160 g/mol. The Kier molecular flexibility index (Phi) is 6.81. The summed E-state index contributed by atoms with van der Waals surface area (Å²) in [5.41, 5.74) is 0. The molecule has 0 amide bonds. The SMILES string of the molecule is CCCOS(=O)CCCl. The van der Waals surface area contributed by atoms with E-state index < -0.39 is 11.1 Å². The molecule has 1 atom stereocenters. The minimum absolute atomic E-state index is 0.399. The number of hydrogen-bond acceptors (Lipinski definition) is 2. The molecule has 0 aromatic rings. The summed E-state index contributed by atoms with van der Waals surface area (Å²) < 4.78 is 15.4. The first-order valence-corrected chi connectivity index (χ1v) is 4.66. The molecule has 0 spiro atoms. The van der Waals surface area contributed by atoms with Gasteiger partial charge in [-0.15, -0.1) is 11.6 Å². The van der Waals surface area contributed by atoms with Crippen LogP contribution in [0.5, 0.6) is 0 Å². The smallest absolute Gasteiger partial charge is 0.156 e. The molecule has 0 aromatic heterocycles. The average molecular weight is 171 g/mol. The Morgan fingerprint density at radius 3 is 2.78 bits per heavy atom. The number of alkyl halides is 1. The molecule has 2 nitrogen and oxygen atoms in total. The Balaban J connectivity index is 3.06. The van der Waals surface area contributed by atoms with E-state index in [1.807, 2.05) is 6.92 Å². The first-order valence-electron chi connectivity index (χ1n) is 2.89. The first kappa shape index (κ1) is 9.40. The lowest BCUT2D eigenvalue weighted by Crippen LogP contribution is -2.03. The van der Waals surface area contributed by atoms with Gasteiger partial charge in [-0.25, -0.2) is 4.21 Å². The van der Waals surface area contributed by atoms with Crippen molar-refractivity contribution in [3.8, 4) is 0 Å². The van der Waals surface area contributed by atoms with Crippen molar-refractivity contribution >= 4 is 22.7 Å². The summed E-state index contributed by atoms with van der Waals surface area (Å²) >= 11 is 4.15. The molecule has 56 valence electrons. The molecule has 0 aromatic carbocycles. The van der Waals surface area contributed by atoms with Crippen LogP contribution < -0.4 is 0 Å². The predicted molar refractivity (Wildman–Crippen MR) is 40.0 cm³/mol. The summed E-state index contributed by atoms with van der Waals surface area (Å²) in [4.78, 5) is 0. The van der Waals surface area contributed by atoms with Gasteiger partial charge in [0.2, 0.25) is 0 Å². The van der Waals surface area contributed by atoms with Gasteiger partial charge in [0.25, 0.3) is 0 Å². The molecule has 0 heterocycles. The molecule has 0 saturated carbocycles. The highest BCUT2D eigenvalue weighted by atomic mass is 35.5. The zero-order valence-corrected chi connectivity index (χ0v) is 7.00. The van der Waals surface area contributed by atoms with E-state index in [1.165, 1.54) is 0 Å². The van der Waals surface area contributed by atoms with Gasteiger partial charge in [-0.1, -0.05) is 6.92 Å². The lowest BCUT2D eigenvalue weighted by molar-refractivity contribution is 0.348. The van der Waals surface area contributed by atoms with Crippen molar-refractivity contribution in [3.05, 3.63) is 0 Å². The van der Waals surface area contributed by atoms with Gasteiger partial charge in [0.05, 0.1) is 12.4 Å². The van der Waals surface area contributed by atoms with Crippen LogP contribution in [-0.2, 0) is 15.3 Å². The minimum Gasteiger partial charge on any atom is -0.291 e. The molecule has 0 fully saturated rings. The highest BCUT2D eigenvalue weighted by molar-refractivity contribution is 7.80. The summed E-state index contributed by atoms with van der Waals surface area (Å²) in [6.45, 7) is 2.53. The highest BCUT2D eigenvalue weighted by Crippen LogP contribution is 1.89. The van der Waals surface area contributed by atoms with E-state index in [9.17, 15) is 4.21 Å². The van der Waals surface area contributed by atoms with Crippen molar-refractivity contribution in [1.29, 1.82) is 0 Å². The Bertz CT molecular complexity index is 87.0. The summed E-state index contributed by atoms with van der Waals surface area (Å²) in [6.07, 6.45) is 0.897. The van der Waals surface area contributed by atoms with E-state index in [0.29, 0.717) is 18.2 Å². The third kappa shape index (κ3) is 6.28. The van der Waals surface area contributed by atoms with Crippen molar-refractivity contribution in [2.75, 3.05) is 18.2 Å². The van der Waals surface area contributed by atoms with E-state index >= 15 is 0 Å². The second-order valence-corrected chi connectivity index (χ2v) is 3.15. The molecule has 1 unspecified atom stereocenters. The van der Waals surface area contributed by atoms with Crippen LogP contribution in [0.25, 0.3) is 0 Å². The average Bonchev–Trinajstić information content (AvgIpc) is 1.85. The van der Waals surface area contributed by atoms with Gasteiger partial charge in [-0.05, 0) is 6.42 Å². The van der Waals surface area contributed by atoms with Gasteiger partial charge >= 0.3 is 0 Å². The molecule has 0 bridgehead atoms. The maximum absolute atomic E-state index is 10.6. The zero-order chi connectivity index (χ0) is 7.11. The standard InChI is InChI=1S/C5H11ClO2S/c1-2-4-8-9(7)5-3-6/h2-5H2,1H3. The number of rotatable bonds is 5. The van der Waals surface area contributed by atoms with Gasteiger partial charge < -0.3 is 0 Å². The topological polar surface area (TPSA) is 26.3 Å². The summed E-state index contributed by atoms with van der Waals surface area (Å²) in [5, 5.41) is 0. The normalized spacial score (nSPS) is 13.6. The third-order valence-corrected chi connectivity index (χ3v) is 2.04. The van der Waals surface area contributed by atoms with E-state index in [-0.39, 0.29) is 0 Å². The van der Waals surface area contributed by atoms with E-state index in [0.717, 1.165) is 6.42 Å². The summed E-state index contributed by atoms with van der Waals surface area (Å²) in [7, 11) is 0. The molecule has 0 N–H and O–H groups in total. The van der Waals surface area contributed by atoms with Crippen LogP contribution in [0.3, 0.4) is 0 Å². The Morgan fingerprint density at radius 2 is 2.33 bits per heavy atom. The molecule has 0 aliphatic heterocycles. The molecule has 4 heteroatoms. The van der Waals surface area contributed by atoms with E-state index in [4.69, 9.17) is 15.8 Å². The van der Waals surface area contributed by atoms with Gasteiger partial charge in [-0.3, -0.25) is 4.18 Å². The second-order valence-electron chi connectivity index (χ2n) is 1.52. The molecular formula is C5H11ClO2S. The first-order chi connectivity index (χ1) is 4.31. The zero-order valence-electron chi connectivity index (χ0n) is 5.43. The largest absolute Gasteiger partial charge is 0.291 e. The van der Waals surface area contributed by atoms with Crippen LogP contribution in [0.4, 0.5) is 0 Å². The maximum atomic E-state index is 10.6. The van der Waals surface area contributed by atoms with Crippen molar-refractivity contribution < 1.29 is 8.39 Å². The molecule has 0 rings (SSSR count). The Morgan fingerprint density at radius 1 is 1.67 bits per heavy atom. The van der Waals surface area contributed by atoms with Crippen LogP contribution >= 0.6 is 11.6 Å². The quantitative estimate of drug-likeness (QED) is 0.582. The second kappa shape index (κ2) is 6.52.